The van der Waals surface area contributed by atoms with Crippen molar-refractivity contribution in [1.29, 1.82) is 0 Å². The molecule has 2 amide bonds. The van der Waals surface area contributed by atoms with Crippen LogP contribution in [0.5, 0.6) is 0 Å². The number of hydrogen-bond acceptors (Lipinski definition) is 3. The van der Waals surface area contributed by atoms with Crippen molar-refractivity contribution < 1.29 is 9.59 Å². The molecular weight excluding hydrogens is 370 g/mol. The summed E-state index contributed by atoms with van der Waals surface area (Å²) >= 11 is 3.38. The molecule has 2 rings (SSSR count). The van der Waals surface area contributed by atoms with Crippen LogP contribution in [0.15, 0.2) is 47.2 Å². The Bertz CT molecular complexity index is 719. The lowest BCUT2D eigenvalue weighted by molar-refractivity contribution is -0.133. The van der Waals surface area contributed by atoms with Gasteiger partial charge in [-0.1, -0.05) is 15.9 Å². The largest absolute Gasteiger partial charge is 0.345 e. The van der Waals surface area contributed by atoms with Crippen LogP contribution in [0.3, 0.4) is 0 Å². The molecule has 24 heavy (non-hydrogen) atoms. The first-order valence-electron chi connectivity index (χ1n) is 7.64. The lowest BCUT2D eigenvalue weighted by Crippen LogP contribution is -2.32. The number of halogens is 1. The number of carbonyl (C=O) groups excluding carboxylic acids is 2. The smallest absolute Gasteiger partial charge is 0.233 e. The molecule has 0 fully saturated rings. The van der Waals surface area contributed by atoms with E-state index in [0.717, 1.165) is 27.7 Å². The predicted molar refractivity (Wildman–Crippen MR) is 97.7 cm³/mol. The number of benzene rings is 1. The Morgan fingerprint density at radius 3 is 2.58 bits per heavy atom. The third kappa shape index (κ3) is 5.45. The number of aromatic nitrogens is 1. The minimum atomic E-state index is -0.304. The van der Waals surface area contributed by atoms with Crippen molar-refractivity contribution in [2.75, 3.05) is 18.9 Å². The van der Waals surface area contributed by atoms with Gasteiger partial charge in [-0.2, -0.15) is 0 Å². The van der Waals surface area contributed by atoms with Gasteiger partial charge in [0.1, 0.15) is 6.42 Å². The van der Waals surface area contributed by atoms with Crippen LogP contribution >= 0.6 is 15.9 Å². The molecule has 0 aliphatic rings. The average Bonchev–Trinajstić information content (AvgIpc) is 2.56. The molecule has 1 aromatic carbocycles. The van der Waals surface area contributed by atoms with Gasteiger partial charge < -0.3 is 10.2 Å². The SMILES string of the molecule is Cc1cc(Br)ccc1NC(=O)CC(=O)N(C)CCc1ccncc1. The van der Waals surface area contributed by atoms with Gasteiger partial charge in [-0.15, -0.1) is 0 Å². The molecule has 5 nitrogen and oxygen atoms in total. The summed E-state index contributed by atoms with van der Waals surface area (Å²) in [6.45, 7) is 2.47. The fourth-order valence-corrected chi connectivity index (χ4v) is 2.68. The molecule has 126 valence electrons. The number of carbonyl (C=O) groups is 2. The third-order valence-corrected chi connectivity index (χ3v) is 4.18. The standard InChI is InChI=1S/C18H20BrN3O2/c1-13-11-15(19)3-4-16(13)21-17(23)12-18(24)22(2)10-7-14-5-8-20-9-6-14/h3-6,8-9,11H,7,10,12H2,1-2H3,(H,21,23). The van der Waals surface area contributed by atoms with Gasteiger partial charge in [0, 0.05) is 36.1 Å². The summed E-state index contributed by atoms with van der Waals surface area (Å²) in [4.78, 5) is 29.8. The summed E-state index contributed by atoms with van der Waals surface area (Å²) in [5, 5.41) is 2.78. The highest BCUT2D eigenvalue weighted by atomic mass is 79.9. The molecule has 0 unspecified atom stereocenters. The van der Waals surface area contributed by atoms with Crippen LogP contribution in [0.25, 0.3) is 0 Å². The van der Waals surface area contributed by atoms with Crippen LogP contribution in [0.2, 0.25) is 0 Å². The van der Waals surface area contributed by atoms with E-state index in [0.29, 0.717) is 6.54 Å². The maximum atomic E-state index is 12.1. The number of nitrogens with one attached hydrogen (secondary N) is 1. The maximum absolute atomic E-state index is 12.1. The van der Waals surface area contributed by atoms with E-state index in [1.807, 2.05) is 37.3 Å². The van der Waals surface area contributed by atoms with E-state index in [9.17, 15) is 9.59 Å². The Morgan fingerprint density at radius 1 is 1.21 bits per heavy atom. The van der Waals surface area contributed by atoms with E-state index in [1.54, 1.807) is 24.3 Å². The molecule has 1 N–H and O–H groups in total. The quantitative estimate of drug-likeness (QED) is 0.771. The van der Waals surface area contributed by atoms with Crippen molar-refractivity contribution in [3.8, 4) is 0 Å². The predicted octanol–water partition coefficient (Wildman–Crippen LogP) is 3.18. The number of hydrogen-bond donors (Lipinski definition) is 1. The molecule has 0 spiro atoms. The second-order valence-corrected chi connectivity index (χ2v) is 6.52. The van der Waals surface area contributed by atoms with Gasteiger partial charge in [-0.05, 0) is 54.8 Å². The Hall–Kier alpha value is -2.21. The van der Waals surface area contributed by atoms with Crippen molar-refractivity contribution in [2.24, 2.45) is 0 Å². The van der Waals surface area contributed by atoms with Crippen LogP contribution in [-0.2, 0) is 16.0 Å². The van der Waals surface area contributed by atoms with E-state index in [2.05, 4.69) is 26.2 Å². The zero-order valence-corrected chi connectivity index (χ0v) is 15.3. The zero-order chi connectivity index (χ0) is 17.5. The molecule has 2 aromatic rings. The van der Waals surface area contributed by atoms with Gasteiger partial charge in [0.2, 0.25) is 11.8 Å². The van der Waals surface area contributed by atoms with Crippen molar-refractivity contribution in [2.45, 2.75) is 19.8 Å². The van der Waals surface area contributed by atoms with Gasteiger partial charge in [-0.3, -0.25) is 14.6 Å². The number of pyridine rings is 1. The van der Waals surface area contributed by atoms with E-state index < -0.39 is 0 Å². The molecule has 0 radical (unpaired) electrons. The highest BCUT2D eigenvalue weighted by Gasteiger charge is 2.14. The van der Waals surface area contributed by atoms with Crippen LogP contribution in [0.4, 0.5) is 5.69 Å². The lowest BCUT2D eigenvalue weighted by atomic mass is 10.2. The average molecular weight is 390 g/mol. The van der Waals surface area contributed by atoms with Crippen molar-refractivity contribution in [3.63, 3.8) is 0 Å². The van der Waals surface area contributed by atoms with E-state index in [-0.39, 0.29) is 18.2 Å². The first-order chi connectivity index (χ1) is 11.5. The summed E-state index contributed by atoms with van der Waals surface area (Å²) in [5.74, 6) is -0.502. The molecule has 0 atom stereocenters. The number of aryl methyl sites for hydroxylation is 1. The summed E-state index contributed by atoms with van der Waals surface area (Å²) in [6, 6.07) is 9.42. The molecular formula is C18H20BrN3O2. The van der Waals surface area contributed by atoms with Crippen molar-refractivity contribution >= 4 is 33.4 Å². The monoisotopic (exact) mass is 389 g/mol. The minimum absolute atomic E-state index is 0.164. The van der Waals surface area contributed by atoms with Gasteiger partial charge >= 0.3 is 0 Å². The Morgan fingerprint density at radius 2 is 1.92 bits per heavy atom. The molecule has 1 heterocycles. The van der Waals surface area contributed by atoms with Crippen molar-refractivity contribution in [1.82, 2.24) is 9.88 Å². The lowest BCUT2D eigenvalue weighted by Gasteiger charge is -2.17. The Kier molecular flexibility index (Phi) is 6.49. The third-order valence-electron chi connectivity index (χ3n) is 3.69. The fourth-order valence-electron chi connectivity index (χ4n) is 2.21. The first-order valence-corrected chi connectivity index (χ1v) is 8.44. The fraction of sp³-hybridized carbons (Fsp3) is 0.278. The Balaban J connectivity index is 1.83. The van der Waals surface area contributed by atoms with E-state index in [4.69, 9.17) is 0 Å². The van der Waals surface area contributed by atoms with E-state index in [1.165, 1.54) is 0 Å². The number of amides is 2. The van der Waals surface area contributed by atoms with Crippen LogP contribution in [0, 0.1) is 6.92 Å². The van der Waals surface area contributed by atoms with Crippen LogP contribution < -0.4 is 5.32 Å². The number of anilines is 1. The summed E-state index contributed by atoms with van der Waals surface area (Å²) in [6.07, 6.45) is 4.02. The highest BCUT2D eigenvalue weighted by molar-refractivity contribution is 9.10. The van der Waals surface area contributed by atoms with Crippen LogP contribution in [0.1, 0.15) is 17.5 Å². The Labute approximate surface area is 150 Å². The number of nitrogens with zero attached hydrogens (tertiary/aromatic N) is 2. The molecule has 0 aliphatic heterocycles. The van der Waals surface area contributed by atoms with Gasteiger partial charge in [0.25, 0.3) is 0 Å². The number of rotatable bonds is 6. The van der Waals surface area contributed by atoms with E-state index >= 15 is 0 Å². The molecule has 0 saturated heterocycles. The summed E-state index contributed by atoms with van der Waals surface area (Å²) in [7, 11) is 1.71. The zero-order valence-electron chi connectivity index (χ0n) is 13.8. The highest BCUT2D eigenvalue weighted by Crippen LogP contribution is 2.20. The van der Waals surface area contributed by atoms with Gasteiger partial charge in [-0.25, -0.2) is 0 Å². The number of likely N-dealkylation sites (N-methyl/N-ethyl adjacent to an activating group) is 1. The molecule has 6 heteroatoms. The summed E-state index contributed by atoms with van der Waals surface area (Å²) < 4.78 is 0.949. The summed E-state index contributed by atoms with van der Waals surface area (Å²) in [5.41, 5.74) is 2.77. The van der Waals surface area contributed by atoms with Crippen LogP contribution in [-0.4, -0.2) is 35.3 Å². The maximum Gasteiger partial charge on any atom is 0.233 e. The van der Waals surface area contributed by atoms with Crippen molar-refractivity contribution in [3.05, 3.63) is 58.3 Å². The van der Waals surface area contributed by atoms with Gasteiger partial charge in [0.05, 0.1) is 0 Å². The normalized spacial score (nSPS) is 10.3. The molecule has 0 saturated carbocycles. The molecule has 0 bridgehead atoms. The second-order valence-electron chi connectivity index (χ2n) is 5.60. The second kappa shape index (κ2) is 8.59. The molecule has 1 aromatic heterocycles. The molecule has 0 aliphatic carbocycles. The first kappa shape index (κ1) is 18.1. The van der Waals surface area contributed by atoms with Gasteiger partial charge in [0.15, 0.2) is 0 Å². The topological polar surface area (TPSA) is 62.3 Å². The minimum Gasteiger partial charge on any atom is -0.345 e.